The Kier molecular flexibility index (Phi) is 4.93. The summed E-state index contributed by atoms with van der Waals surface area (Å²) >= 11 is 0. The second-order valence-electron chi connectivity index (χ2n) is 5.88. The predicted molar refractivity (Wildman–Crippen MR) is 92.6 cm³/mol. The van der Waals surface area contributed by atoms with Crippen LogP contribution in [0.25, 0.3) is 0 Å². The van der Waals surface area contributed by atoms with E-state index in [1.165, 1.54) is 6.07 Å². The summed E-state index contributed by atoms with van der Waals surface area (Å²) in [5.74, 6) is 0.576. The van der Waals surface area contributed by atoms with Crippen molar-refractivity contribution in [3.8, 4) is 0 Å². The molecule has 1 saturated heterocycles. The number of halogens is 1. The number of anilines is 2. The number of nitrogens with one attached hydrogen (secondary N) is 2. The van der Waals surface area contributed by atoms with Gasteiger partial charge in [0.15, 0.2) is 0 Å². The molecule has 1 aliphatic heterocycles. The van der Waals surface area contributed by atoms with Crippen LogP contribution in [0.15, 0.2) is 42.6 Å². The van der Waals surface area contributed by atoms with Crippen molar-refractivity contribution in [3.63, 3.8) is 0 Å². The van der Waals surface area contributed by atoms with Crippen LogP contribution in [0.4, 0.5) is 20.7 Å². The third kappa shape index (κ3) is 3.82. The van der Waals surface area contributed by atoms with Crippen molar-refractivity contribution >= 4 is 17.5 Å². The topological polar surface area (TPSA) is 57.3 Å². The zero-order valence-electron chi connectivity index (χ0n) is 13.6. The quantitative estimate of drug-likeness (QED) is 0.903. The summed E-state index contributed by atoms with van der Waals surface area (Å²) in [6.45, 7) is 3.18. The Bertz CT molecular complexity index is 707. The zero-order chi connectivity index (χ0) is 16.9. The van der Waals surface area contributed by atoms with E-state index in [4.69, 9.17) is 0 Å². The number of carbonyl (C=O) groups is 1. The van der Waals surface area contributed by atoms with Crippen LogP contribution >= 0.6 is 0 Å². The molecule has 1 unspecified atom stereocenters. The van der Waals surface area contributed by atoms with Crippen LogP contribution in [-0.2, 0) is 6.42 Å². The van der Waals surface area contributed by atoms with Crippen molar-refractivity contribution in [2.24, 2.45) is 0 Å². The highest BCUT2D eigenvalue weighted by Gasteiger charge is 2.26. The number of pyridine rings is 1. The van der Waals surface area contributed by atoms with Crippen LogP contribution in [0.3, 0.4) is 0 Å². The molecule has 5 nitrogen and oxygen atoms in total. The van der Waals surface area contributed by atoms with E-state index in [9.17, 15) is 9.18 Å². The van der Waals surface area contributed by atoms with Gasteiger partial charge in [0.2, 0.25) is 0 Å². The van der Waals surface area contributed by atoms with Gasteiger partial charge < -0.3 is 15.5 Å². The highest BCUT2D eigenvalue weighted by molar-refractivity contribution is 5.89. The number of amides is 2. The van der Waals surface area contributed by atoms with E-state index in [1.807, 2.05) is 25.1 Å². The van der Waals surface area contributed by atoms with Gasteiger partial charge in [0.05, 0.1) is 0 Å². The lowest BCUT2D eigenvalue weighted by molar-refractivity contribution is 0.222. The molecule has 2 heterocycles. The van der Waals surface area contributed by atoms with Gasteiger partial charge in [-0.15, -0.1) is 0 Å². The predicted octanol–water partition coefficient (Wildman–Crippen LogP) is 3.50. The average Bonchev–Trinajstić information content (AvgIpc) is 3.06. The minimum absolute atomic E-state index is 0.158. The number of urea groups is 1. The van der Waals surface area contributed by atoms with E-state index in [2.05, 4.69) is 15.6 Å². The third-order valence-electron chi connectivity index (χ3n) is 4.17. The first-order valence-electron chi connectivity index (χ1n) is 8.17. The molecule has 1 aliphatic rings. The number of aryl methyl sites for hydroxylation is 1. The normalized spacial score (nSPS) is 16.9. The van der Waals surface area contributed by atoms with E-state index in [0.717, 1.165) is 12.2 Å². The Morgan fingerprint density at radius 2 is 2.25 bits per heavy atom. The molecule has 3 rings (SSSR count). The molecule has 0 radical (unpaired) electrons. The third-order valence-corrected chi connectivity index (χ3v) is 4.17. The van der Waals surface area contributed by atoms with Crippen LogP contribution in [0.1, 0.15) is 18.9 Å². The van der Waals surface area contributed by atoms with Crippen LogP contribution in [0, 0.1) is 5.82 Å². The largest absolute Gasteiger partial charge is 0.365 e. The van der Waals surface area contributed by atoms with Crippen LogP contribution in [-0.4, -0.2) is 35.0 Å². The standard InChI is InChI=1S/C18H21FN4O/c1-2-13-11-14(6-7-16(13)19)22-18(24)23-10-8-15(12-23)21-17-5-3-4-9-20-17/h3-7,9,11,15H,2,8,10,12H2,1H3,(H,20,21)(H,22,24). The average molecular weight is 328 g/mol. The fraction of sp³-hybridized carbons (Fsp3) is 0.333. The Balaban J connectivity index is 1.56. The second-order valence-corrected chi connectivity index (χ2v) is 5.88. The number of carbonyl (C=O) groups excluding carboxylic acids is 1. The highest BCUT2D eigenvalue weighted by Crippen LogP contribution is 2.18. The molecule has 0 aliphatic carbocycles. The van der Waals surface area contributed by atoms with Gasteiger partial charge in [-0.1, -0.05) is 13.0 Å². The second kappa shape index (κ2) is 7.29. The molecule has 126 valence electrons. The summed E-state index contributed by atoms with van der Waals surface area (Å²) in [6, 6.07) is 10.4. The van der Waals surface area contributed by atoms with E-state index in [0.29, 0.717) is 30.8 Å². The van der Waals surface area contributed by atoms with Crippen molar-refractivity contribution in [3.05, 3.63) is 54.0 Å². The molecule has 2 amide bonds. The Morgan fingerprint density at radius 1 is 1.38 bits per heavy atom. The van der Waals surface area contributed by atoms with Gasteiger partial charge in [0.1, 0.15) is 11.6 Å². The molecule has 1 aromatic carbocycles. The summed E-state index contributed by atoms with van der Waals surface area (Å²) in [7, 11) is 0. The molecule has 24 heavy (non-hydrogen) atoms. The molecule has 2 aromatic rings. The summed E-state index contributed by atoms with van der Waals surface area (Å²) in [5.41, 5.74) is 1.23. The molecule has 1 aromatic heterocycles. The lowest BCUT2D eigenvalue weighted by Gasteiger charge is -2.18. The maximum atomic E-state index is 13.5. The number of benzene rings is 1. The van der Waals surface area contributed by atoms with Gasteiger partial charge >= 0.3 is 6.03 Å². The van der Waals surface area contributed by atoms with Gasteiger partial charge in [0.25, 0.3) is 0 Å². The summed E-state index contributed by atoms with van der Waals surface area (Å²) in [4.78, 5) is 18.4. The first kappa shape index (κ1) is 16.2. The minimum atomic E-state index is -0.240. The molecule has 0 spiro atoms. The summed E-state index contributed by atoms with van der Waals surface area (Å²) in [6.07, 6.45) is 3.20. The summed E-state index contributed by atoms with van der Waals surface area (Å²) in [5, 5.41) is 6.18. The highest BCUT2D eigenvalue weighted by atomic mass is 19.1. The lowest BCUT2D eigenvalue weighted by Crippen LogP contribution is -2.35. The minimum Gasteiger partial charge on any atom is -0.365 e. The van der Waals surface area contributed by atoms with Crippen LogP contribution < -0.4 is 10.6 Å². The van der Waals surface area contributed by atoms with E-state index < -0.39 is 0 Å². The number of likely N-dealkylation sites (tertiary alicyclic amines) is 1. The first-order valence-corrected chi connectivity index (χ1v) is 8.17. The van der Waals surface area contributed by atoms with Gasteiger partial charge in [-0.05, 0) is 48.7 Å². The number of hydrogen-bond acceptors (Lipinski definition) is 3. The van der Waals surface area contributed by atoms with E-state index in [-0.39, 0.29) is 17.9 Å². The van der Waals surface area contributed by atoms with Crippen LogP contribution in [0.5, 0.6) is 0 Å². The van der Waals surface area contributed by atoms with Crippen molar-refractivity contribution < 1.29 is 9.18 Å². The molecule has 0 bridgehead atoms. The fourth-order valence-corrected chi connectivity index (χ4v) is 2.85. The number of rotatable bonds is 4. The molecule has 2 N–H and O–H groups in total. The monoisotopic (exact) mass is 328 g/mol. The van der Waals surface area contributed by atoms with Crippen molar-refractivity contribution in [2.75, 3.05) is 23.7 Å². The Labute approximate surface area is 140 Å². The SMILES string of the molecule is CCc1cc(NC(=O)N2CCC(Nc3ccccn3)C2)ccc1F. The first-order chi connectivity index (χ1) is 11.7. The maximum Gasteiger partial charge on any atom is 0.321 e. The molecular formula is C18H21FN4O. The van der Waals surface area contributed by atoms with Gasteiger partial charge in [-0.25, -0.2) is 14.2 Å². The zero-order valence-corrected chi connectivity index (χ0v) is 13.6. The number of hydrogen-bond donors (Lipinski definition) is 2. The Hall–Kier alpha value is -2.63. The van der Waals surface area contributed by atoms with Gasteiger partial charge in [0, 0.05) is 31.0 Å². The van der Waals surface area contributed by atoms with Crippen molar-refractivity contribution in [1.29, 1.82) is 0 Å². The van der Waals surface area contributed by atoms with Gasteiger partial charge in [-0.3, -0.25) is 0 Å². The van der Waals surface area contributed by atoms with E-state index >= 15 is 0 Å². The molecular weight excluding hydrogens is 307 g/mol. The molecule has 1 atom stereocenters. The summed E-state index contributed by atoms with van der Waals surface area (Å²) < 4.78 is 13.5. The molecule has 0 saturated carbocycles. The fourth-order valence-electron chi connectivity index (χ4n) is 2.85. The van der Waals surface area contributed by atoms with Crippen LogP contribution in [0.2, 0.25) is 0 Å². The lowest BCUT2D eigenvalue weighted by atomic mass is 10.1. The molecule has 1 fully saturated rings. The van der Waals surface area contributed by atoms with Crippen molar-refractivity contribution in [2.45, 2.75) is 25.8 Å². The van der Waals surface area contributed by atoms with Gasteiger partial charge in [-0.2, -0.15) is 0 Å². The Morgan fingerprint density at radius 3 is 3.00 bits per heavy atom. The van der Waals surface area contributed by atoms with Crippen molar-refractivity contribution in [1.82, 2.24) is 9.88 Å². The number of nitrogens with zero attached hydrogens (tertiary/aromatic N) is 2. The van der Waals surface area contributed by atoms with E-state index in [1.54, 1.807) is 23.2 Å². The smallest absolute Gasteiger partial charge is 0.321 e. The molecule has 6 heteroatoms. The maximum absolute atomic E-state index is 13.5. The number of aromatic nitrogens is 1.